The van der Waals surface area contributed by atoms with Gasteiger partial charge in [-0.25, -0.2) is 0 Å². The minimum atomic E-state index is -0.952. The summed E-state index contributed by atoms with van der Waals surface area (Å²) in [7, 11) is 3.07. The van der Waals surface area contributed by atoms with Gasteiger partial charge in [0.1, 0.15) is 11.3 Å². The summed E-state index contributed by atoms with van der Waals surface area (Å²) < 4.78 is 22.2. The Bertz CT molecular complexity index is 1480. The van der Waals surface area contributed by atoms with Crippen LogP contribution in [0.15, 0.2) is 88.5 Å². The first-order chi connectivity index (χ1) is 18.0. The molecule has 1 atom stereocenters. The summed E-state index contributed by atoms with van der Waals surface area (Å²) in [5.74, 6) is -0.349. The number of anilines is 1. The van der Waals surface area contributed by atoms with Crippen LogP contribution in [0.4, 0.5) is 5.69 Å². The fourth-order valence-corrected chi connectivity index (χ4v) is 4.52. The van der Waals surface area contributed by atoms with Crippen LogP contribution in [0.1, 0.15) is 29.1 Å². The molecule has 1 aromatic heterocycles. The van der Waals surface area contributed by atoms with Gasteiger partial charge in [0.15, 0.2) is 23.0 Å². The molecule has 0 aliphatic carbocycles. The first-order valence-electron chi connectivity index (χ1n) is 11.7. The molecule has 0 saturated carbocycles. The zero-order valence-electron chi connectivity index (χ0n) is 20.6. The summed E-state index contributed by atoms with van der Waals surface area (Å²) in [6.07, 6.45) is 0. The number of hydrogen-bond acceptors (Lipinski definition) is 7. The maximum Gasteiger partial charge on any atom is 0.294 e. The summed E-state index contributed by atoms with van der Waals surface area (Å²) in [4.78, 5) is 28.6. The summed E-state index contributed by atoms with van der Waals surface area (Å²) in [6.45, 7) is 2.23. The van der Waals surface area contributed by atoms with Gasteiger partial charge in [0.05, 0.1) is 32.4 Å². The molecule has 0 spiro atoms. The average Bonchev–Trinajstić information content (AvgIpc) is 3.47. The topological polar surface area (TPSA) is 98.4 Å². The molecule has 5 rings (SSSR count). The first kappa shape index (κ1) is 24.0. The van der Waals surface area contributed by atoms with Crippen LogP contribution in [0, 0.1) is 0 Å². The van der Waals surface area contributed by atoms with Crippen LogP contribution >= 0.6 is 0 Å². The van der Waals surface area contributed by atoms with Gasteiger partial charge >= 0.3 is 0 Å². The molecule has 37 heavy (non-hydrogen) atoms. The van der Waals surface area contributed by atoms with Crippen LogP contribution in [0.5, 0.6) is 17.2 Å². The molecule has 0 saturated heterocycles. The second-order valence-corrected chi connectivity index (χ2v) is 8.36. The van der Waals surface area contributed by atoms with Crippen molar-refractivity contribution in [2.45, 2.75) is 13.0 Å². The molecule has 1 N–H and O–H groups in total. The lowest BCUT2D eigenvalue weighted by molar-refractivity contribution is -0.117. The van der Waals surface area contributed by atoms with Crippen molar-refractivity contribution >= 4 is 28.3 Å². The summed E-state index contributed by atoms with van der Waals surface area (Å²) in [5, 5.41) is 11.8. The van der Waals surface area contributed by atoms with Gasteiger partial charge in [0.25, 0.3) is 5.91 Å². The zero-order valence-corrected chi connectivity index (χ0v) is 20.6. The van der Waals surface area contributed by atoms with Gasteiger partial charge in [-0.15, -0.1) is 0 Å². The Labute approximate surface area is 213 Å². The molecule has 0 fully saturated rings. The third-order valence-electron chi connectivity index (χ3n) is 6.26. The van der Waals surface area contributed by atoms with Crippen molar-refractivity contribution in [3.05, 3.63) is 95.5 Å². The van der Waals surface area contributed by atoms with Gasteiger partial charge in [-0.2, -0.15) is 0 Å². The molecule has 1 amide bonds. The molecule has 2 heterocycles. The largest absolute Gasteiger partial charge is 0.503 e. The quantitative estimate of drug-likeness (QED) is 0.314. The van der Waals surface area contributed by atoms with Crippen LogP contribution in [-0.2, 0) is 4.79 Å². The van der Waals surface area contributed by atoms with E-state index in [1.165, 1.54) is 12.0 Å². The Balaban J connectivity index is 1.67. The van der Waals surface area contributed by atoms with Crippen molar-refractivity contribution in [1.82, 2.24) is 0 Å². The standard InChI is InChI=1S/C29H25NO7/c1-4-36-23-16-18(9-14-22(23)35-3)26-25(27(31)24-15-17-7-5-6-8-21(17)37-24)28(32)29(33)30(26)19-10-12-20(34-2)13-11-19/h5-16,26,32H,4H2,1-3H3. The van der Waals surface area contributed by atoms with Crippen LogP contribution in [0.25, 0.3) is 11.0 Å². The highest BCUT2D eigenvalue weighted by atomic mass is 16.5. The molecule has 1 aliphatic heterocycles. The number of furan rings is 1. The number of Topliss-reactive ketones (excluding diaryl/α,β-unsaturated/α-hetero) is 1. The number of ether oxygens (including phenoxy) is 3. The van der Waals surface area contributed by atoms with Gasteiger partial charge in [-0.3, -0.25) is 14.5 Å². The van der Waals surface area contributed by atoms with Gasteiger partial charge < -0.3 is 23.7 Å². The number of carbonyl (C=O) groups excluding carboxylic acids is 2. The maximum atomic E-state index is 13.8. The Morgan fingerprint density at radius 3 is 2.41 bits per heavy atom. The normalized spacial score (nSPS) is 15.4. The van der Waals surface area contributed by atoms with Crippen molar-refractivity contribution < 1.29 is 33.3 Å². The number of hydrogen-bond donors (Lipinski definition) is 1. The predicted molar refractivity (Wildman–Crippen MR) is 138 cm³/mol. The minimum absolute atomic E-state index is 0.0238. The lowest BCUT2D eigenvalue weighted by Crippen LogP contribution is -2.31. The highest BCUT2D eigenvalue weighted by molar-refractivity contribution is 6.20. The number of para-hydroxylation sites is 1. The van der Waals surface area contributed by atoms with E-state index in [0.717, 1.165) is 5.39 Å². The first-order valence-corrected chi connectivity index (χ1v) is 11.7. The fourth-order valence-electron chi connectivity index (χ4n) is 4.52. The zero-order chi connectivity index (χ0) is 26.1. The molecular weight excluding hydrogens is 474 g/mol. The van der Waals surface area contributed by atoms with Crippen molar-refractivity contribution in [2.75, 3.05) is 25.7 Å². The second kappa shape index (κ2) is 9.73. The maximum absolute atomic E-state index is 13.8. The van der Waals surface area contributed by atoms with E-state index in [0.29, 0.717) is 40.7 Å². The number of fused-ring (bicyclic) bond motifs is 1. The highest BCUT2D eigenvalue weighted by Crippen LogP contribution is 2.44. The van der Waals surface area contributed by atoms with E-state index in [-0.39, 0.29) is 11.3 Å². The molecule has 0 bridgehead atoms. The van der Waals surface area contributed by atoms with Crippen LogP contribution in [0.3, 0.4) is 0 Å². The van der Waals surface area contributed by atoms with Crippen LogP contribution < -0.4 is 19.1 Å². The lowest BCUT2D eigenvalue weighted by atomic mass is 9.94. The van der Waals surface area contributed by atoms with Crippen molar-refractivity contribution in [2.24, 2.45) is 0 Å². The van der Waals surface area contributed by atoms with Gasteiger partial charge in [0.2, 0.25) is 5.78 Å². The Hall–Kier alpha value is -4.72. The summed E-state index contributed by atoms with van der Waals surface area (Å²) in [5.41, 5.74) is 1.47. The lowest BCUT2D eigenvalue weighted by Gasteiger charge is -2.27. The number of nitrogens with zero attached hydrogens (tertiary/aromatic N) is 1. The molecular formula is C29H25NO7. The van der Waals surface area contributed by atoms with Crippen LogP contribution in [0.2, 0.25) is 0 Å². The number of methoxy groups -OCH3 is 2. The molecule has 1 unspecified atom stereocenters. The number of aliphatic hydroxyl groups is 1. The van der Waals surface area contributed by atoms with Gasteiger partial charge in [-0.05, 0) is 61.0 Å². The number of amides is 1. The summed E-state index contributed by atoms with van der Waals surface area (Å²) >= 11 is 0. The van der Waals surface area contributed by atoms with Crippen molar-refractivity contribution in [3.63, 3.8) is 0 Å². The number of benzene rings is 3. The molecule has 8 nitrogen and oxygen atoms in total. The molecule has 1 aliphatic rings. The van der Waals surface area contributed by atoms with E-state index in [1.54, 1.807) is 67.8 Å². The van der Waals surface area contributed by atoms with E-state index >= 15 is 0 Å². The van der Waals surface area contributed by atoms with Crippen molar-refractivity contribution in [1.29, 1.82) is 0 Å². The third-order valence-corrected chi connectivity index (χ3v) is 6.26. The monoisotopic (exact) mass is 499 g/mol. The molecule has 188 valence electrons. The van der Waals surface area contributed by atoms with Crippen molar-refractivity contribution in [3.8, 4) is 17.2 Å². The van der Waals surface area contributed by atoms with Gasteiger partial charge in [-0.1, -0.05) is 24.3 Å². The molecule has 8 heteroatoms. The average molecular weight is 500 g/mol. The number of rotatable bonds is 8. The number of carbonyl (C=O) groups is 2. The third kappa shape index (κ3) is 4.16. The molecule has 0 radical (unpaired) electrons. The predicted octanol–water partition coefficient (Wildman–Crippen LogP) is 5.63. The van der Waals surface area contributed by atoms with E-state index in [1.807, 2.05) is 19.1 Å². The van der Waals surface area contributed by atoms with E-state index < -0.39 is 23.5 Å². The summed E-state index contributed by atoms with van der Waals surface area (Å²) in [6, 6.07) is 19.8. The number of ketones is 1. The van der Waals surface area contributed by atoms with Crippen LogP contribution in [-0.4, -0.2) is 37.6 Å². The fraction of sp³-hybridized carbons (Fsp3) is 0.172. The smallest absolute Gasteiger partial charge is 0.294 e. The van der Waals surface area contributed by atoms with Gasteiger partial charge in [0, 0.05) is 11.1 Å². The van der Waals surface area contributed by atoms with E-state index in [2.05, 4.69) is 0 Å². The Kier molecular flexibility index (Phi) is 6.31. The SMILES string of the molecule is CCOc1cc(C2C(C(=O)c3cc4ccccc4o3)=C(O)C(=O)N2c2ccc(OC)cc2)ccc1OC. The Morgan fingerprint density at radius 1 is 0.973 bits per heavy atom. The molecule has 3 aromatic carbocycles. The minimum Gasteiger partial charge on any atom is -0.503 e. The molecule has 4 aromatic rings. The van der Waals surface area contributed by atoms with E-state index in [4.69, 9.17) is 18.6 Å². The highest BCUT2D eigenvalue weighted by Gasteiger charge is 2.45. The Morgan fingerprint density at radius 2 is 1.73 bits per heavy atom. The van der Waals surface area contributed by atoms with E-state index in [9.17, 15) is 14.7 Å². The second-order valence-electron chi connectivity index (χ2n) is 8.36. The number of aliphatic hydroxyl groups excluding tert-OH is 1.